The van der Waals surface area contributed by atoms with Gasteiger partial charge in [-0.15, -0.1) is 0 Å². The van der Waals surface area contributed by atoms with Crippen LogP contribution in [-0.2, 0) is 11.8 Å². The lowest BCUT2D eigenvalue weighted by Crippen LogP contribution is -2.28. The van der Waals surface area contributed by atoms with Crippen LogP contribution in [0.1, 0.15) is 49.3 Å². The Bertz CT molecular complexity index is 820. The summed E-state index contributed by atoms with van der Waals surface area (Å²) < 4.78 is 0. The van der Waals surface area contributed by atoms with Crippen molar-refractivity contribution in [2.45, 2.75) is 44.4 Å². The van der Waals surface area contributed by atoms with Crippen molar-refractivity contribution in [2.75, 3.05) is 0 Å². The molecule has 0 aliphatic rings. The van der Waals surface area contributed by atoms with Gasteiger partial charge in [-0.1, -0.05) is 56.2 Å². The minimum atomic E-state index is -0.213. The third-order valence-electron chi connectivity index (χ3n) is 5.57. The van der Waals surface area contributed by atoms with E-state index in [4.69, 9.17) is 0 Å². The minimum absolute atomic E-state index is 0.213. The van der Waals surface area contributed by atoms with Crippen molar-refractivity contribution in [3.8, 4) is 17.2 Å². The molecule has 0 bridgehead atoms. The van der Waals surface area contributed by atoms with Gasteiger partial charge in [-0.3, -0.25) is 0 Å². The summed E-state index contributed by atoms with van der Waals surface area (Å²) in [5.41, 5.74) is 3.30. The predicted octanol–water partition coefficient (Wildman–Crippen LogP) is 5.91. The van der Waals surface area contributed by atoms with Crippen molar-refractivity contribution in [1.82, 2.24) is 0 Å². The summed E-state index contributed by atoms with van der Waals surface area (Å²) in [5.74, 6) is 0.799. The van der Waals surface area contributed by atoms with E-state index in [0.717, 1.165) is 32.1 Å². The molecule has 3 rings (SSSR count). The molecule has 0 aliphatic carbocycles. The second kappa shape index (κ2) is 8.83. The monoisotopic (exact) mass is 376 g/mol. The molecule has 0 atom stereocenters. The van der Waals surface area contributed by atoms with Crippen LogP contribution in [-0.4, -0.2) is 15.3 Å². The molecule has 0 aromatic heterocycles. The molecule has 0 heterocycles. The average molecular weight is 376 g/mol. The fourth-order valence-corrected chi connectivity index (χ4v) is 3.93. The van der Waals surface area contributed by atoms with Gasteiger partial charge in [-0.05, 0) is 72.4 Å². The summed E-state index contributed by atoms with van der Waals surface area (Å²) in [6, 6.07) is 22.4. The van der Waals surface area contributed by atoms with Gasteiger partial charge in [0.1, 0.15) is 17.2 Å². The molecule has 3 nitrogen and oxygen atoms in total. The topological polar surface area (TPSA) is 60.7 Å². The smallest absolute Gasteiger partial charge is 0.115 e. The molecule has 28 heavy (non-hydrogen) atoms. The van der Waals surface area contributed by atoms with Crippen molar-refractivity contribution < 1.29 is 15.3 Å². The lowest BCUT2D eigenvalue weighted by Gasteiger charge is -2.36. The average Bonchev–Trinajstić information content (AvgIpc) is 2.71. The van der Waals surface area contributed by atoms with Crippen LogP contribution < -0.4 is 0 Å². The van der Waals surface area contributed by atoms with E-state index in [1.807, 2.05) is 36.4 Å². The highest BCUT2D eigenvalue weighted by Crippen LogP contribution is 2.42. The van der Waals surface area contributed by atoms with Crippen LogP contribution in [0.3, 0.4) is 0 Å². The van der Waals surface area contributed by atoms with E-state index >= 15 is 0 Å². The molecule has 0 spiro atoms. The summed E-state index contributed by atoms with van der Waals surface area (Å²) in [6.45, 7) is 2.19. The van der Waals surface area contributed by atoms with Crippen LogP contribution in [0, 0.1) is 0 Å². The van der Waals surface area contributed by atoms with Crippen LogP contribution in [0.5, 0.6) is 17.2 Å². The summed E-state index contributed by atoms with van der Waals surface area (Å²) >= 11 is 0. The molecular formula is C25H28O3. The number of hydrogen-bond acceptors (Lipinski definition) is 3. The normalized spacial score (nSPS) is 11.5. The molecular weight excluding hydrogens is 348 g/mol. The van der Waals surface area contributed by atoms with Gasteiger partial charge in [0.05, 0.1) is 0 Å². The molecule has 3 aromatic carbocycles. The Kier molecular flexibility index (Phi) is 6.25. The Labute approximate surface area is 166 Å². The third kappa shape index (κ3) is 4.48. The Morgan fingerprint density at radius 3 is 1.46 bits per heavy atom. The van der Waals surface area contributed by atoms with Gasteiger partial charge in [0.15, 0.2) is 0 Å². The van der Waals surface area contributed by atoms with Gasteiger partial charge in [0.2, 0.25) is 0 Å². The zero-order chi connectivity index (χ0) is 20.0. The molecule has 0 radical (unpaired) electrons. The quantitative estimate of drug-likeness (QED) is 0.458. The third-order valence-corrected chi connectivity index (χ3v) is 5.57. The van der Waals surface area contributed by atoms with Crippen molar-refractivity contribution in [3.63, 3.8) is 0 Å². The Hall–Kier alpha value is -2.94. The van der Waals surface area contributed by atoms with E-state index in [-0.39, 0.29) is 22.7 Å². The van der Waals surface area contributed by atoms with E-state index in [1.165, 1.54) is 16.7 Å². The minimum Gasteiger partial charge on any atom is -0.508 e. The molecule has 3 heteroatoms. The second-order valence-corrected chi connectivity index (χ2v) is 7.45. The highest BCUT2D eigenvalue weighted by molar-refractivity contribution is 5.43. The van der Waals surface area contributed by atoms with Gasteiger partial charge in [-0.2, -0.15) is 0 Å². The standard InChI is InChI=1S/C25H28O3/c1-2-3-17-25(20-6-12-23(27)13-7-20,21-8-14-24(28)15-9-21)18-16-19-4-10-22(26)11-5-19/h4-15,26-28H,2-3,16-18H2,1H3. The molecule has 146 valence electrons. The van der Waals surface area contributed by atoms with Crippen LogP contribution in [0.2, 0.25) is 0 Å². The summed E-state index contributed by atoms with van der Waals surface area (Å²) in [4.78, 5) is 0. The lowest BCUT2D eigenvalue weighted by atomic mass is 9.68. The van der Waals surface area contributed by atoms with Gasteiger partial charge in [0, 0.05) is 5.41 Å². The maximum atomic E-state index is 9.78. The SMILES string of the molecule is CCCCC(CCc1ccc(O)cc1)(c1ccc(O)cc1)c1ccc(O)cc1. The molecule has 0 amide bonds. The zero-order valence-corrected chi connectivity index (χ0v) is 16.3. The fraction of sp³-hybridized carbons (Fsp3) is 0.280. The first kappa shape index (κ1) is 19.8. The number of hydrogen-bond donors (Lipinski definition) is 3. The highest BCUT2D eigenvalue weighted by Gasteiger charge is 2.33. The largest absolute Gasteiger partial charge is 0.508 e. The van der Waals surface area contributed by atoms with Crippen molar-refractivity contribution in [2.24, 2.45) is 0 Å². The van der Waals surface area contributed by atoms with E-state index < -0.39 is 0 Å². The predicted molar refractivity (Wildman–Crippen MR) is 113 cm³/mol. The number of rotatable bonds is 8. The van der Waals surface area contributed by atoms with Crippen molar-refractivity contribution in [3.05, 3.63) is 89.5 Å². The first-order valence-electron chi connectivity index (χ1n) is 9.90. The molecule has 3 aromatic rings. The number of aromatic hydroxyl groups is 3. The molecule has 3 N–H and O–H groups in total. The highest BCUT2D eigenvalue weighted by atomic mass is 16.3. The van der Waals surface area contributed by atoms with Crippen molar-refractivity contribution >= 4 is 0 Å². The maximum absolute atomic E-state index is 9.78. The summed E-state index contributed by atoms with van der Waals surface area (Å²) in [5, 5.41) is 29.1. The van der Waals surface area contributed by atoms with Crippen LogP contribution >= 0.6 is 0 Å². The number of phenolic OH excluding ortho intramolecular Hbond substituents is 3. The molecule has 0 unspecified atom stereocenters. The Balaban J connectivity index is 2.03. The molecule has 0 aliphatic heterocycles. The fourth-order valence-electron chi connectivity index (χ4n) is 3.93. The van der Waals surface area contributed by atoms with E-state index in [1.54, 1.807) is 36.4 Å². The summed E-state index contributed by atoms with van der Waals surface area (Å²) in [6.07, 6.45) is 4.92. The zero-order valence-electron chi connectivity index (χ0n) is 16.3. The summed E-state index contributed by atoms with van der Waals surface area (Å²) in [7, 11) is 0. The molecule has 0 saturated heterocycles. The number of unbranched alkanes of at least 4 members (excludes halogenated alkanes) is 1. The van der Waals surface area contributed by atoms with Crippen LogP contribution in [0.25, 0.3) is 0 Å². The van der Waals surface area contributed by atoms with Gasteiger partial charge >= 0.3 is 0 Å². The first-order chi connectivity index (χ1) is 13.5. The van der Waals surface area contributed by atoms with Crippen LogP contribution in [0.4, 0.5) is 0 Å². The first-order valence-corrected chi connectivity index (χ1v) is 9.90. The lowest BCUT2D eigenvalue weighted by molar-refractivity contribution is 0.416. The number of benzene rings is 3. The number of aryl methyl sites for hydroxylation is 1. The maximum Gasteiger partial charge on any atom is 0.115 e. The van der Waals surface area contributed by atoms with E-state index in [9.17, 15) is 15.3 Å². The molecule has 0 saturated carbocycles. The van der Waals surface area contributed by atoms with Gasteiger partial charge in [0.25, 0.3) is 0 Å². The van der Waals surface area contributed by atoms with Crippen molar-refractivity contribution in [1.29, 1.82) is 0 Å². The van der Waals surface area contributed by atoms with Gasteiger partial charge < -0.3 is 15.3 Å². The van der Waals surface area contributed by atoms with Gasteiger partial charge in [-0.25, -0.2) is 0 Å². The van der Waals surface area contributed by atoms with Crippen LogP contribution in [0.15, 0.2) is 72.8 Å². The van der Waals surface area contributed by atoms with E-state index in [2.05, 4.69) is 6.92 Å². The van der Waals surface area contributed by atoms with E-state index in [0.29, 0.717) is 0 Å². The Morgan fingerprint density at radius 2 is 1.04 bits per heavy atom. The number of phenols is 3. The molecule has 0 fully saturated rings. The second-order valence-electron chi connectivity index (χ2n) is 7.45. The Morgan fingerprint density at radius 1 is 0.607 bits per heavy atom.